The molecule has 0 saturated carbocycles. The first-order valence-electron chi connectivity index (χ1n) is 8.12. The molecular formula is C19H21NO3S. The molecule has 0 aromatic heterocycles. The predicted molar refractivity (Wildman–Crippen MR) is 93.1 cm³/mol. The summed E-state index contributed by atoms with van der Waals surface area (Å²) >= 11 is 0. The van der Waals surface area contributed by atoms with Crippen LogP contribution in [0.25, 0.3) is 0 Å². The van der Waals surface area contributed by atoms with Gasteiger partial charge in [0.2, 0.25) is 0 Å². The van der Waals surface area contributed by atoms with Crippen LogP contribution in [0.5, 0.6) is 0 Å². The fraction of sp³-hybridized carbons (Fsp3) is 0.316. The van der Waals surface area contributed by atoms with Crippen molar-refractivity contribution >= 4 is 15.6 Å². The molecule has 4 nitrogen and oxygen atoms in total. The van der Waals surface area contributed by atoms with Gasteiger partial charge in [-0.25, -0.2) is 4.21 Å². The van der Waals surface area contributed by atoms with Crippen molar-refractivity contribution < 1.29 is 13.7 Å². The zero-order chi connectivity index (χ0) is 17.0. The van der Waals surface area contributed by atoms with E-state index in [1.165, 1.54) is 0 Å². The van der Waals surface area contributed by atoms with Crippen molar-refractivity contribution in [2.45, 2.75) is 35.7 Å². The summed E-state index contributed by atoms with van der Waals surface area (Å²) in [5, 5.41) is 0. The zero-order valence-electron chi connectivity index (χ0n) is 13.6. The first-order valence-corrected chi connectivity index (χ1v) is 9.64. The molecule has 2 aromatic rings. The van der Waals surface area contributed by atoms with Crippen LogP contribution in [-0.2, 0) is 19.3 Å². The zero-order valence-corrected chi connectivity index (χ0v) is 14.4. The number of hydrogen-bond acceptors (Lipinski definition) is 3. The molecule has 0 aliphatic carbocycles. The van der Waals surface area contributed by atoms with Gasteiger partial charge in [-0.2, -0.15) is 4.36 Å². The number of nitrogens with zero attached hydrogens (tertiary/aromatic N) is 1. The Bertz CT molecular complexity index is 766. The van der Waals surface area contributed by atoms with Crippen LogP contribution in [0.1, 0.15) is 19.8 Å². The van der Waals surface area contributed by atoms with Crippen molar-refractivity contribution in [3.8, 4) is 0 Å². The third-order valence-electron chi connectivity index (χ3n) is 4.18. The molecule has 5 heteroatoms. The van der Waals surface area contributed by atoms with Gasteiger partial charge in [-0.1, -0.05) is 36.4 Å². The molecule has 1 fully saturated rings. The maximum atomic E-state index is 13.7. The minimum Gasteiger partial charge on any atom is -0.378 e. The second-order valence-corrected chi connectivity index (χ2v) is 8.16. The number of amides is 1. The molecule has 1 aliphatic rings. The van der Waals surface area contributed by atoms with Gasteiger partial charge in [0.15, 0.2) is 0 Å². The summed E-state index contributed by atoms with van der Waals surface area (Å²) in [5.74, 6) is -0.509. The largest absolute Gasteiger partial charge is 0.378 e. The van der Waals surface area contributed by atoms with Gasteiger partial charge in [0.1, 0.15) is 9.73 Å². The Hall–Kier alpha value is -1.98. The minimum absolute atomic E-state index is 0.0346. The Morgan fingerprint density at radius 2 is 1.58 bits per heavy atom. The topological polar surface area (TPSA) is 55.7 Å². The smallest absolute Gasteiger partial charge is 0.257 e. The van der Waals surface area contributed by atoms with E-state index < -0.39 is 9.73 Å². The van der Waals surface area contributed by atoms with Gasteiger partial charge in [0, 0.05) is 12.5 Å². The van der Waals surface area contributed by atoms with Gasteiger partial charge in [0.25, 0.3) is 5.91 Å². The molecule has 2 aromatic carbocycles. The summed E-state index contributed by atoms with van der Waals surface area (Å²) < 4.78 is 23.4. The molecule has 0 spiro atoms. The highest BCUT2D eigenvalue weighted by Crippen LogP contribution is 2.27. The van der Waals surface area contributed by atoms with E-state index >= 15 is 0 Å². The average molecular weight is 343 g/mol. The van der Waals surface area contributed by atoms with E-state index in [2.05, 4.69) is 4.36 Å². The first-order chi connectivity index (χ1) is 11.6. The Balaban J connectivity index is 2.05. The summed E-state index contributed by atoms with van der Waals surface area (Å²) in [6, 6.07) is 18.0. The number of benzene rings is 2. The van der Waals surface area contributed by atoms with Gasteiger partial charge in [0.05, 0.1) is 15.9 Å². The molecular weight excluding hydrogens is 322 g/mol. The van der Waals surface area contributed by atoms with Crippen LogP contribution in [-0.4, -0.2) is 22.8 Å². The van der Waals surface area contributed by atoms with Crippen LogP contribution in [0.15, 0.2) is 74.8 Å². The van der Waals surface area contributed by atoms with Gasteiger partial charge in [-0.05, 0) is 44.0 Å². The summed E-state index contributed by atoms with van der Waals surface area (Å²) in [6.45, 7) is 2.50. The number of rotatable bonds is 3. The average Bonchev–Trinajstić information content (AvgIpc) is 2.63. The van der Waals surface area contributed by atoms with Crippen LogP contribution in [0, 0.1) is 5.92 Å². The van der Waals surface area contributed by atoms with Crippen LogP contribution >= 0.6 is 0 Å². The van der Waals surface area contributed by atoms with Gasteiger partial charge in [-0.3, -0.25) is 4.79 Å². The lowest BCUT2D eigenvalue weighted by Gasteiger charge is -2.25. The van der Waals surface area contributed by atoms with Crippen molar-refractivity contribution in [2.75, 3.05) is 6.61 Å². The van der Waals surface area contributed by atoms with E-state index in [9.17, 15) is 9.00 Å². The number of carbonyl (C=O) groups excluding carboxylic acids is 1. The lowest BCUT2D eigenvalue weighted by molar-refractivity contribution is -0.125. The van der Waals surface area contributed by atoms with Crippen LogP contribution in [0.3, 0.4) is 0 Å². The molecule has 1 saturated heterocycles. The standard InChI is InChI=1S/C19H21NO3S/c1-15-14-16(12-13-23-15)19(21)20-24(22,17-8-4-2-5-9-17)18-10-6-3-7-11-18/h2-11,15-16H,12-14H2,1H3. The maximum absolute atomic E-state index is 13.7. The predicted octanol–water partition coefficient (Wildman–Crippen LogP) is 3.91. The monoisotopic (exact) mass is 343 g/mol. The first kappa shape index (κ1) is 16.9. The Labute approximate surface area is 143 Å². The molecule has 3 rings (SSSR count). The highest BCUT2D eigenvalue weighted by Gasteiger charge is 2.27. The highest BCUT2D eigenvalue weighted by molar-refractivity contribution is 7.94. The molecule has 2 atom stereocenters. The SMILES string of the molecule is CC1CC(C(=O)N=S(=O)(c2ccccc2)c2ccccc2)CCO1. The summed E-state index contributed by atoms with van der Waals surface area (Å²) in [6.07, 6.45) is 1.29. The van der Waals surface area contributed by atoms with E-state index in [-0.39, 0.29) is 17.9 Å². The molecule has 126 valence electrons. The highest BCUT2D eigenvalue weighted by atomic mass is 32.2. The lowest BCUT2D eigenvalue weighted by Crippen LogP contribution is -2.28. The van der Waals surface area contributed by atoms with Gasteiger partial charge < -0.3 is 4.74 Å². The van der Waals surface area contributed by atoms with Crippen molar-refractivity contribution in [2.24, 2.45) is 10.3 Å². The van der Waals surface area contributed by atoms with E-state index in [0.717, 1.165) is 0 Å². The van der Waals surface area contributed by atoms with Crippen molar-refractivity contribution in [3.05, 3.63) is 60.7 Å². The Morgan fingerprint density at radius 1 is 1.04 bits per heavy atom. The molecule has 24 heavy (non-hydrogen) atoms. The second-order valence-electron chi connectivity index (χ2n) is 5.98. The fourth-order valence-corrected chi connectivity index (χ4v) is 4.81. The van der Waals surface area contributed by atoms with Gasteiger partial charge >= 0.3 is 0 Å². The lowest BCUT2D eigenvalue weighted by atomic mass is 9.96. The maximum Gasteiger partial charge on any atom is 0.257 e. The molecule has 0 bridgehead atoms. The van der Waals surface area contributed by atoms with Crippen molar-refractivity contribution in [1.82, 2.24) is 0 Å². The number of carbonyl (C=O) groups is 1. The van der Waals surface area contributed by atoms with E-state index in [4.69, 9.17) is 4.74 Å². The Morgan fingerprint density at radius 3 is 2.08 bits per heavy atom. The summed E-state index contributed by atoms with van der Waals surface area (Å²) in [5.41, 5.74) is 0. The van der Waals surface area contributed by atoms with E-state index in [1.54, 1.807) is 24.3 Å². The fourth-order valence-electron chi connectivity index (χ4n) is 2.87. The molecule has 0 radical (unpaired) electrons. The van der Waals surface area contributed by atoms with E-state index in [0.29, 0.717) is 29.2 Å². The van der Waals surface area contributed by atoms with Crippen LogP contribution < -0.4 is 0 Å². The minimum atomic E-state index is -2.98. The number of hydrogen-bond donors (Lipinski definition) is 0. The molecule has 2 unspecified atom stereocenters. The van der Waals surface area contributed by atoms with E-state index in [1.807, 2.05) is 43.3 Å². The molecule has 1 heterocycles. The normalized spacial score (nSPS) is 21.2. The molecule has 1 amide bonds. The third kappa shape index (κ3) is 3.57. The number of ether oxygens (including phenoxy) is 1. The molecule has 0 N–H and O–H groups in total. The van der Waals surface area contributed by atoms with Crippen molar-refractivity contribution in [1.29, 1.82) is 0 Å². The molecule has 1 aliphatic heterocycles. The Kier molecular flexibility index (Phi) is 5.11. The van der Waals surface area contributed by atoms with Crippen LogP contribution in [0.2, 0.25) is 0 Å². The summed E-state index contributed by atoms with van der Waals surface area (Å²) in [7, 11) is -2.98. The van der Waals surface area contributed by atoms with Crippen molar-refractivity contribution in [3.63, 3.8) is 0 Å². The summed E-state index contributed by atoms with van der Waals surface area (Å²) in [4.78, 5) is 13.8. The third-order valence-corrected chi connectivity index (χ3v) is 6.44. The second kappa shape index (κ2) is 7.28. The van der Waals surface area contributed by atoms with Crippen LogP contribution in [0.4, 0.5) is 0 Å². The van der Waals surface area contributed by atoms with Gasteiger partial charge in [-0.15, -0.1) is 0 Å². The quantitative estimate of drug-likeness (QED) is 0.849.